The molecular formula is C22H20O3S. The number of Topliss-reactive ketones (excluding diaryl/α,β-unsaturated/α-hetero) is 1. The van der Waals surface area contributed by atoms with Gasteiger partial charge in [0.15, 0.2) is 6.61 Å². The summed E-state index contributed by atoms with van der Waals surface area (Å²) in [5, 5.41) is 1.86. The quantitative estimate of drug-likeness (QED) is 0.451. The van der Waals surface area contributed by atoms with Crippen LogP contribution in [0.25, 0.3) is 11.1 Å². The van der Waals surface area contributed by atoms with E-state index < -0.39 is 5.97 Å². The van der Waals surface area contributed by atoms with Gasteiger partial charge in [-0.3, -0.25) is 4.79 Å². The predicted octanol–water partition coefficient (Wildman–Crippen LogP) is 5.38. The number of esters is 1. The Morgan fingerprint density at radius 2 is 1.62 bits per heavy atom. The minimum absolute atomic E-state index is 0.187. The molecule has 132 valence electrons. The fourth-order valence-electron chi connectivity index (χ4n) is 2.74. The molecule has 3 rings (SSSR count). The Kier molecular flexibility index (Phi) is 5.33. The van der Waals surface area contributed by atoms with E-state index in [0.717, 1.165) is 27.8 Å². The van der Waals surface area contributed by atoms with E-state index in [9.17, 15) is 9.59 Å². The summed E-state index contributed by atoms with van der Waals surface area (Å²) in [7, 11) is 0. The SMILES string of the molecule is Cc1ccc(-c2ccsc2C(=O)OCC(=O)c2cc(C)ccc2C)cc1. The molecule has 0 bridgehead atoms. The molecule has 0 saturated carbocycles. The number of aryl methyl sites for hydroxylation is 3. The van der Waals surface area contributed by atoms with Gasteiger partial charge >= 0.3 is 5.97 Å². The molecule has 0 N–H and O–H groups in total. The van der Waals surface area contributed by atoms with Crippen LogP contribution in [-0.2, 0) is 4.74 Å². The van der Waals surface area contributed by atoms with Gasteiger partial charge in [-0.15, -0.1) is 11.3 Å². The van der Waals surface area contributed by atoms with E-state index in [1.54, 1.807) is 0 Å². The lowest BCUT2D eigenvalue weighted by atomic mass is 10.0. The number of ketones is 1. The molecule has 2 aromatic carbocycles. The van der Waals surface area contributed by atoms with Crippen molar-refractivity contribution < 1.29 is 14.3 Å². The second kappa shape index (κ2) is 7.67. The number of carbonyl (C=O) groups excluding carboxylic acids is 2. The maximum atomic E-state index is 12.5. The summed E-state index contributed by atoms with van der Waals surface area (Å²) in [4.78, 5) is 25.4. The standard InChI is InChI=1S/C22H20O3S/c1-14-5-8-17(9-6-14)18-10-11-26-21(18)22(24)25-13-20(23)19-12-15(2)4-7-16(19)3/h4-12H,13H2,1-3H3. The van der Waals surface area contributed by atoms with Crippen molar-refractivity contribution in [1.82, 2.24) is 0 Å². The van der Waals surface area contributed by atoms with Gasteiger partial charge in [0.25, 0.3) is 0 Å². The molecule has 1 heterocycles. The van der Waals surface area contributed by atoms with Crippen LogP contribution >= 0.6 is 11.3 Å². The number of ether oxygens (including phenoxy) is 1. The summed E-state index contributed by atoms with van der Waals surface area (Å²) in [5.41, 5.74) is 5.44. The molecule has 3 aromatic rings. The van der Waals surface area contributed by atoms with Crippen LogP contribution in [0.3, 0.4) is 0 Å². The smallest absolute Gasteiger partial charge is 0.349 e. The first-order valence-corrected chi connectivity index (χ1v) is 9.26. The topological polar surface area (TPSA) is 43.4 Å². The first-order chi connectivity index (χ1) is 12.5. The van der Waals surface area contributed by atoms with Crippen molar-refractivity contribution in [2.24, 2.45) is 0 Å². The zero-order valence-electron chi connectivity index (χ0n) is 15.0. The summed E-state index contributed by atoms with van der Waals surface area (Å²) >= 11 is 1.32. The molecule has 0 spiro atoms. The van der Waals surface area contributed by atoms with Crippen molar-refractivity contribution in [1.29, 1.82) is 0 Å². The van der Waals surface area contributed by atoms with Gasteiger partial charge in [-0.2, -0.15) is 0 Å². The third-order valence-electron chi connectivity index (χ3n) is 4.24. The molecule has 0 saturated heterocycles. The van der Waals surface area contributed by atoms with Crippen LogP contribution in [-0.4, -0.2) is 18.4 Å². The summed E-state index contributed by atoms with van der Waals surface area (Å²) in [6.07, 6.45) is 0. The monoisotopic (exact) mass is 364 g/mol. The summed E-state index contributed by atoms with van der Waals surface area (Å²) in [6.45, 7) is 5.57. The Hall–Kier alpha value is -2.72. The van der Waals surface area contributed by atoms with Crippen LogP contribution in [0.5, 0.6) is 0 Å². The molecule has 0 fully saturated rings. The number of benzene rings is 2. The Morgan fingerprint density at radius 1 is 0.923 bits per heavy atom. The first kappa shape index (κ1) is 18.1. The zero-order chi connectivity index (χ0) is 18.7. The molecule has 0 aliphatic carbocycles. The Morgan fingerprint density at radius 3 is 2.35 bits per heavy atom. The maximum absolute atomic E-state index is 12.5. The van der Waals surface area contributed by atoms with Gasteiger partial charge in [0.1, 0.15) is 4.88 Å². The zero-order valence-corrected chi connectivity index (χ0v) is 15.9. The highest BCUT2D eigenvalue weighted by atomic mass is 32.1. The van der Waals surface area contributed by atoms with Crippen LogP contribution in [0.2, 0.25) is 0 Å². The van der Waals surface area contributed by atoms with E-state index in [-0.39, 0.29) is 12.4 Å². The minimum Gasteiger partial charge on any atom is -0.453 e. The normalized spacial score (nSPS) is 10.6. The van der Waals surface area contributed by atoms with E-state index in [0.29, 0.717) is 10.4 Å². The fraction of sp³-hybridized carbons (Fsp3) is 0.182. The predicted molar refractivity (Wildman–Crippen MR) is 105 cm³/mol. The second-order valence-electron chi connectivity index (χ2n) is 6.35. The summed E-state index contributed by atoms with van der Waals surface area (Å²) < 4.78 is 5.31. The third kappa shape index (κ3) is 3.92. The van der Waals surface area contributed by atoms with Crippen LogP contribution in [0, 0.1) is 20.8 Å². The lowest BCUT2D eigenvalue weighted by molar-refractivity contribution is 0.0480. The van der Waals surface area contributed by atoms with Gasteiger partial charge in [-0.05, 0) is 49.4 Å². The molecule has 0 aliphatic rings. The van der Waals surface area contributed by atoms with Gasteiger partial charge in [-0.1, -0.05) is 47.5 Å². The maximum Gasteiger partial charge on any atom is 0.349 e. The molecule has 0 atom stereocenters. The average Bonchev–Trinajstić information content (AvgIpc) is 3.12. The highest BCUT2D eigenvalue weighted by Crippen LogP contribution is 2.29. The van der Waals surface area contributed by atoms with Crippen LogP contribution in [0.1, 0.15) is 36.7 Å². The van der Waals surface area contributed by atoms with E-state index in [2.05, 4.69) is 0 Å². The fourth-order valence-corrected chi connectivity index (χ4v) is 3.55. The molecular weight excluding hydrogens is 344 g/mol. The third-order valence-corrected chi connectivity index (χ3v) is 5.14. The highest BCUT2D eigenvalue weighted by Gasteiger charge is 2.18. The number of carbonyl (C=O) groups is 2. The van der Waals surface area contributed by atoms with Gasteiger partial charge in [-0.25, -0.2) is 4.79 Å². The van der Waals surface area contributed by atoms with Gasteiger partial charge < -0.3 is 4.74 Å². The molecule has 0 radical (unpaired) electrons. The van der Waals surface area contributed by atoms with Gasteiger partial charge in [0.2, 0.25) is 5.78 Å². The number of hydrogen-bond acceptors (Lipinski definition) is 4. The van der Waals surface area contributed by atoms with Crippen molar-refractivity contribution in [3.05, 3.63) is 81.0 Å². The minimum atomic E-state index is -0.464. The van der Waals surface area contributed by atoms with Crippen LogP contribution < -0.4 is 0 Å². The van der Waals surface area contributed by atoms with E-state index in [4.69, 9.17) is 4.74 Å². The molecule has 0 amide bonds. The largest absolute Gasteiger partial charge is 0.453 e. The Balaban J connectivity index is 1.73. The summed E-state index contributed by atoms with van der Waals surface area (Å²) in [6, 6.07) is 15.6. The number of hydrogen-bond donors (Lipinski definition) is 0. The van der Waals surface area contributed by atoms with Crippen LogP contribution in [0.4, 0.5) is 0 Å². The Bertz CT molecular complexity index is 952. The molecule has 4 heteroatoms. The lowest BCUT2D eigenvalue weighted by Gasteiger charge is -2.08. The van der Waals surface area contributed by atoms with Crippen molar-refractivity contribution in [2.45, 2.75) is 20.8 Å². The van der Waals surface area contributed by atoms with E-state index in [1.165, 1.54) is 11.3 Å². The molecule has 0 aliphatic heterocycles. The highest BCUT2D eigenvalue weighted by molar-refractivity contribution is 7.12. The molecule has 0 unspecified atom stereocenters. The Labute approximate surface area is 157 Å². The van der Waals surface area contributed by atoms with Crippen molar-refractivity contribution in [3.63, 3.8) is 0 Å². The van der Waals surface area contributed by atoms with Crippen LogP contribution in [0.15, 0.2) is 53.9 Å². The molecule has 1 aromatic heterocycles. The van der Waals surface area contributed by atoms with Crippen molar-refractivity contribution in [3.8, 4) is 11.1 Å². The first-order valence-electron chi connectivity index (χ1n) is 8.38. The van der Waals surface area contributed by atoms with E-state index >= 15 is 0 Å². The van der Waals surface area contributed by atoms with Crippen molar-refractivity contribution in [2.75, 3.05) is 6.61 Å². The molecule has 26 heavy (non-hydrogen) atoms. The molecule has 3 nitrogen and oxygen atoms in total. The van der Waals surface area contributed by atoms with Crippen molar-refractivity contribution >= 4 is 23.1 Å². The lowest BCUT2D eigenvalue weighted by Crippen LogP contribution is -2.15. The van der Waals surface area contributed by atoms with Gasteiger partial charge in [0.05, 0.1) is 0 Å². The van der Waals surface area contributed by atoms with Gasteiger partial charge in [0, 0.05) is 11.1 Å². The number of rotatable bonds is 5. The average molecular weight is 364 g/mol. The summed E-state index contributed by atoms with van der Waals surface area (Å²) in [5.74, 6) is -0.651. The number of thiophene rings is 1. The second-order valence-corrected chi connectivity index (χ2v) is 7.26. The van der Waals surface area contributed by atoms with E-state index in [1.807, 2.05) is 74.7 Å².